The molecule has 162 valence electrons. The second-order valence-corrected chi connectivity index (χ2v) is 7.18. The van der Waals surface area contributed by atoms with Crippen LogP contribution in [0.3, 0.4) is 0 Å². The third-order valence-electron chi connectivity index (χ3n) is 5.14. The molecule has 0 spiro atoms. The molecule has 0 fully saturated rings. The summed E-state index contributed by atoms with van der Waals surface area (Å²) < 4.78 is 15.6. The highest BCUT2D eigenvalue weighted by atomic mass is 16.5. The van der Waals surface area contributed by atoms with E-state index in [1.54, 1.807) is 38.3 Å². The molecule has 1 amide bonds. The van der Waals surface area contributed by atoms with Crippen LogP contribution < -0.4 is 19.3 Å². The van der Waals surface area contributed by atoms with Crippen molar-refractivity contribution in [2.45, 2.75) is 6.92 Å². The van der Waals surface area contributed by atoms with Gasteiger partial charge in [-0.05, 0) is 42.8 Å². The Morgan fingerprint density at radius 1 is 0.968 bits per heavy atom. The van der Waals surface area contributed by atoms with Gasteiger partial charge < -0.3 is 19.1 Å². The second kappa shape index (κ2) is 8.95. The van der Waals surface area contributed by atoms with Crippen molar-refractivity contribution in [3.63, 3.8) is 0 Å². The molecular weight excluding hydrogens is 396 g/mol. The van der Waals surface area contributed by atoms with Gasteiger partial charge in [0.15, 0.2) is 11.5 Å². The molecule has 0 unspecified atom stereocenters. The minimum Gasteiger partial charge on any atom is -0.493 e. The average molecular weight is 422 g/mol. The lowest BCUT2D eigenvalue weighted by molar-refractivity contribution is -0.136. The van der Waals surface area contributed by atoms with Gasteiger partial charge in [0.2, 0.25) is 0 Å². The number of rotatable bonds is 6. The van der Waals surface area contributed by atoms with Gasteiger partial charge in [0.1, 0.15) is 0 Å². The lowest BCUT2D eigenvalue weighted by atomic mass is 10.0. The molecule has 2 aromatic rings. The molecule has 1 heterocycles. The summed E-state index contributed by atoms with van der Waals surface area (Å²) >= 11 is 0. The Morgan fingerprint density at radius 2 is 1.61 bits per heavy atom. The lowest BCUT2D eigenvalue weighted by Gasteiger charge is -2.19. The van der Waals surface area contributed by atoms with Crippen molar-refractivity contribution < 1.29 is 23.8 Å². The normalized spacial score (nSPS) is 14.8. The topological polar surface area (TPSA) is 68.3 Å². The number of methoxy groups -OCH3 is 3. The predicted octanol–water partition coefficient (Wildman–Crippen LogP) is 3.65. The molecule has 0 N–H and O–H groups in total. The summed E-state index contributed by atoms with van der Waals surface area (Å²) in [5.74, 6) is 0.146. The first-order chi connectivity index (χ1) is 14.8. The summed E-state index contributed by atoms with van der Waals surface area (Å²) in [6.45, 7) is 1.72. The molecule has 2 aromatic carbocycles. The van der Waals surface area contributed by atoms with Crippen LogP contribution in [0.4, 0.5) is 11.4 Å². The van der Waals surface area contributed by atoms with Crippen molar-refractivity contribution in [1.29, 1.82) is 0 Å². The number of carbonyl (C=O) groups excluding carboxylic acids is 2. The Balaban J connectivity index is 2.09. The van der Waals surface area contributed by atoms with Crippen LogP contribution in [-0.2, 0) is 14.3 Å². The van der Waals surface area contributed by atoms with Gasteiger partial charge in [-0.2, -0.15) is 0 Å². The molecule has 0 bridgehead atoms. The first-order valence-corrected chi connectivity index (χ1v) is 9.67. The van der Waals surface area contributed by atoms with E-state index < -0.39 is 5.97 Å². The van der Waals surface area contributed by atoms with Gasteiger partial charge in [-0.25, -0.2) is 4.79 Å². The third kappa shape index (κ3) is 4.12. The Labute approximate surface area is 182 Å². The Bertz CT molecular complexity index is 1070. The smallest absolute Gasteiger partial charge is 0.340 e. The molecule has 1 aliphatic rings. The fourth-order valence-electron chi connectivity index (χ4n) is 3.49. The van der Waals surface area contributed by atoms with E-state index in [1.165, 1.54) is 19.1 Å². The van der Waals surface area contributed by atoms with E-state index in [4.69, 9.17) is 14.2 Å². The maximum absolute atomic E-state index is 13.4. The van der Waals surface area contributed by atoms with E-state index in [-0.39, 0.29) is 17.1 Å². The molecule has 3 rings (SSSR count). The third-order valence-corrected chi connectivity index (χ3v) is 5.14. The quantitative estimate of drug-likeness (QED) is 0.523. The number of esters is 1. The molecule has 0 saturated carbocycles. The SMILES string of the molecule is COC(=O)C1=C(C)N(c2ccc(OC)c(OC)c2)C(=O)/C1=C\c1ccc(N(C)C)cc1. The van der Waals surface area contributed by atoms with Crippen molar-refractivity contribution in [2.24, 2.45) is 0 Å². The van der Waals surface area contributed by atoms with Gasteiger partial charge in [-0.1, -0.05) is 12.1 Å². The summed E-state index contributed by atoms with van der Waals surface area (Å²) in [6, 6.07) is 12.9. The number of hydrogen-bond acceptors (Lipinski definition) is 6. The largest absolute Gasteiger partial charge is 0.493 e. The summed E-state index contributed by atoms with van der Waals surface area (Å²) in [5.41, 5.74) is 3.40. The summed E-state index contributed by atoms with van der Waals surface area (Å²) in [7, 11) is 8.28. The van der Waals surface area contributed by atoms with Crippen LogP contribution in [0, 0.1) is 0 Å². The maximum Gasteiger partial charge on any atom is 0.340 e. The Kier molecular flexibility index (Phi) is 6.34. The number of benzene rings is 2. The fourth-order valence-corrected chi connectivity index (χ4v) is 3.49. The summed E-state index contributed by atoms with van der Waals surface area (Å²) in [4.78, 5) is 29.4. The lowest BCUT2D eigenvalue weighted by Crippen LogP contribution is -2.24. The zero-order valence-electron chi connectivity index (χ0n) is 18.6. The van der Waals surface area contributed by atoms with Gasteiger partial charge in [0, 0.05) is 31.5 Å². The van der Waals surface area contributed by atoms with Gasteiger partial charge >= 0.3 is 5.97 Å². The molecule has 0 atom stereocenters. The summed E-state index contributed by atoms with van der Waals surface area (Å²) in [6.07, 6.45) is 1.71. The molecule has 7 heteroatoms. The fraction of sp³-hybridized carbons (Fsp3) is 0.250. The highest BCUT2D eigenvalue weighted by Crippen LogP contribution is 2.39. The average Bonchev–Trinajstić information content (AvgIpc) is 3.02. The first kappa shape index (κ1) is 22.0. The van der Waals surface area contributed by atoms with E-state index in [0.29, 0.717) is 22.9 Å². The summed E-state index contributed by atoms with van der Waals surface area (Å²) in [5, 5.41) is 0. The number of ether oxygens (including phenoxy) is 3. The molecule has 0 aromatic heterocycles. The highest BCUT2D eigenvalue weighted by Gasteiger charge is 2.38. The van der Waals surface area contributed by atoms with Crippen LogP contribution >= 0.6 is 0 Å². The molecule has 0 aliphatic carbocycles. The molecule has 0 radical (unpaired) electrons. The van der Waals surface area contributed by atoms with Crippen molar-refractivity contribution in [3.8, 4) is 11.5 Å². The van der Waals surface area contributed by atoms with Gasteiger partial charge in [0.25, 0.3) is 5.91 Å². The molecular formula is C24H26N2O5. The number of allylic oxidation sites excluding steroid dienone is 1. The zero-order valence-corrected chi connectivity index (χ0v) is 18.6. The van der Waals surface area contributed by atoms with Crippen molar-refractivity contribution in [3.05, 3.63) is 64.9 Å². The van der Waals surface area contributed by atoms with E-state index in [0.717, 1.165) is 11.3 Å². The van der Waals surface area contributed by atoms with Crippen LogP contribution in [-0.4, -0.2) is 47.3 Å². The Hall–Kier alpha value is -3.74. The maximum atomic E-state index is 13.4. The number of amides is 1. The van der Waals surface area contributed by atoms with E-state index >= 15 is 0 Å². The monoisotopic (exact) mass is 422 g/mol. The number of anilines is 2. The van der Waals surface area contributed by atoms with Crippen molar-refractivity contribution >= 4 is 29.3 Å². The Morgan fingerprint density at radius 3 is 2.16 bits per heavy atom. The molecule has 31 heavy (non-hydrogen) atoms. The molecule has 1 aliphatic heterocycles. The number of nitrogens with zero attached hydrogens (tertiary/aromatic N) is 2. The van der Waals surface area contributed by atoms with Gasteiger partial charge in [-0.3, -0.25) is 9.69 Å². The minimum absolute atomic E-state index is 0.235. The van der Waals surface area contributed by atoms with Crippen molar-refractivity contribution in [2.75, 3.05) is 45.2 Å². The van der Waals surface area contributed by atoms with Crippen LogP contribution in [0.5, 0.6) is 11.5 Å². The first-order valence-electron chi connectivity index (χ1n) is 9.67. The van der Waals surface area contributed by atoms with Crippen LogP contribution in [0.25, 0.3) is 6.08 Å². The van der Waals surface area contributed by atoms with Crippen LogP contribution in [0.2, 0.25) is 0 Å². The van der Waals surface area contributed by atoms with Gasteiger partial charge in [0.05, 0.1) is 38.2 Å². The second-order valence-electron chi connectivity index (χ2n) is 7.18. The highest BCUT2D eigenvalue weighted by molar-refractivity contribution is 6.23. The van der Waals surface area contributed by atoms with E-state index in [1.807, 2.05) is 43.3 Å². The number of hydrogen-bond donors (Lipinski definition) is 0. The number of carbonyl (C=O) groups is 2. The van der Waals surface area contributed by atoms with Crippen LogP contribution in [0.15, 0.2) is 59.3 Å². The predicted molar refractivity (Wildman–Crippen MR) is 120 cm³/mol. The van der Waals surface area contributed by atoms with Gasteiger partial charge in [-0.15, -0.1) is 0 Å². The zero-order chi connectivity index (χ0) is 22.7. The standard InChI is InChI=1S/C24H26N2O5/c1-15-22(24(28)31-6)19(13-16-7-9-17(10-8-16)25(2)3)23(27)26(15)18-11-12-20(29-4)21(14-18)30-5/h7-14H,1-6H3/b19-13-. The van der Waals surface area contributed by atoms with E-state index in [2.05, 4.69) is 0 Å². The molecule has 7 nitrogen and oxygen atoms in total. The van der Waals surface area contributed by atoms with E-state index in [9.17, 15) is 9.59 Å². The minimum atomic E-state index is -0.565. The van der Waals surface area contributed by atoms with Crippen LogP contribution in [0.1, 0.15) is 12.5 Å². The molecule has 0 saturated heterocycles. The van der Waals surface area contributed by atoms with Crippen molar-refractivity contribution in [1.82, 2.24) is 0 Å².